The summed E-state index contributed by atoms with van der Waals surface area (Å²) in [6.07, 6.45) is 7.95. The maximum Gasteiger partial charge on any atom is 0.364 e. The van der Waals surface area contributed by atoms with Crippen molar-refractivity contribution in [1.29, 1.82) is 0 Å². The molecule has 27 heavy (non-hydrogen) atoms. The third-order valence-electron chi connectivity index (χ3n) is 5.88. The van der Waals surface area contributed by atoms with Crippen molar-refractivity contribution in [3.05, 3.63) is 22.3 Å². The Kier molecular flexibility index (Phi) is 7.35. The van der Waals surface area contributed by atoms with Crippen molar-refractivity contribution >= 4 is 14.5 Å². The second kappa shape index (κ2) is 8.94. The van der Waals surface area contributed by atoms with Crippen LogP contribution >= 0.6 is 0 Å². The van der Waals surface area contributed by atoms with Gasteiger partial charge in [-0.2, -0.15) is 0 Å². The van der Waals surface area contributed by atoms with E-state index >= 15 is 0 Å². The van der Waals surface area contributed by atoms with E-state index in [-0.39, 0.29) is 16.5 Å². The van der Waals surface area contributed by atoms with Gasteiger partial charge in [0.15, 0.2) is 8.32 Å². The number of ether oxygens (including phenoxy) is 1. The Morgan fingerprint density at radius 2 is 2.15 bits per heavy atom. The minimum atomic E-state index is -1.75. The number of aliphatic imine (C=N–C) groups is 1. The molecule has 0 aromatic rings. The van der Waals surface area contributed by atoms with Gasteiger partial charge < -0.3 is 14.1 Å². The summed E-state index contributed by atoms with van der Waals surface area (Å²) >= 11 is 0. The summed E-state index contributed by atoms with van der Waals surface area (Å²) in [5.41, 5.74) is -1.50. The van der Waals surface area contributed by atoms with Gasteiger partial charge in [-0.25, -0.2) is 0 Å². The van der Waals surface area contributed by atoms with Gasteiger partial charge in [-0.1, -0.05) is 20.8 Å². The number of rotatable bonds is 8. The molecule has 1 saturated heterocycles. The van der Waals surface area contributed by atoms with Gasteiger partial charge in [0.05, 0.1) is 17.6 Å². The predicted molar refractivity (Wildman–Crippen MR) is 111 cm³/mol. The highest BCUT2D eigenvalue weighted by molar-refractivity contribution is 6.74. The average Bonchev–Trinajstić information content (AvgIpc) is 2.58. The van der Waals surface area contributed by atoms with Crippen LogP contribution in [0.25, 0.3) is 0 Å². The SMILES string of the molecule is CC(C)(C)[Si](C)(C)OC1CCCN(CCCOC2([N+](=O)[O-])C=CC=NC2)C1. The van der Waals surface area contributed by atoms with Gasteiger partial charge in [-0.15, -0.1) is 0 Å². The van der Waals surface area contributed by atoms with Crippen LogP contribution in [-0.2, 0) is 9.16 Å². The van der Waals surface area contributed by atoms with E-state index in [1.807, 2.05) is 0 Å². The van der Waals surface area contributed by atoms with E-state index in [1.165, 1.54) is 6.08 Å². The van der Waals surface area contributed by atoms with Gasteiger partial charge in [0, 0.05) is 25.4 Å². The first-order valence-corrected chi connectivity index (χ1v) is 12.8. The molecular formula is C19H35N3O4Si. The molecule has 0 spiro atoms. The first-order valence-electron chi connectivity index (χ1n) is 9.92. The molecule has 0 N–H and O–H groups in total. The summed E-state index contributed by atoms with van der Waals surface area (Å²) in [5.74, 6) is 0. The molecule has 0 aromatic carbocycles. The highest BCUT2D eigenvalue weighted by Crippen LogP contribution is 2.38. The van der Waals surface area contributed by atoms with Crippen molar-refractivity contribution in [1.82, 2.24) is 4.90 Å². The fraction of sp³-hybridized carbons (Fsp3) is 0.842. The van der Waals surface area contributed by atoms with Crippen LogP contribution in [0.1, 0.15) is 40.0 Å². The summed E-state index contributed by atoms with van der Waals surface area (Å²) in [7, 11) is -1.75. The van der Waals surface area contributed by atoms with Crippen molar-refractivity contribution in [3.63, 3.8) is 0 Å². The molecule has 2 unspecified atom stereocenters. The standard InChI is InChI=1S/C19H35N3O4Si/c1-18(2,3)27(4,5)26-17-9-6-12-21(15-17)13-8-14-25-19(22(23)24)10-7-11-20-16-19/h7,10-11,17H,6,8-9,12-16H2,1-5H3. The summed E-state index contributed by atoms with van der Waals surface area (Å²) in [6, 6.07) is 0. The molecular weight excluding hydrogens is 362 g/mol. The third-order valence-corrected chi connectivity index (χ3v) is 10.4. The second-order valence-corrected chi connectivity index (χ2v) is 13.9. The van der Waals surface area contributed by atoms with Crippen LogP contribution in [0.15, 0.2) is 17.1 Å². The lowest BCUT2D eigenvalue weighted by Crippen LogP contribution is -2.49. The molecule has 0 amide bonds. The van der Waals surface area contributed by atoms with Crippen LogP contribution in [0.2, 0.25) is 18.1 Å². The molecule has 8 heteroatoms. The van der Waals surface area contributed by atoms with Crippen LogP contribution in [0.5, 0.6) is 0 Å². The van der Waals surface area contributed by atoms with Crippen LogP contribution in [0, 0.1) is 10.1 Å². The van der Waals surface area contributed by atoms with E-state index in [2.05, 4.69) is 43.8 Å². The Morgan fingerprint density at radius 1 is 1.41 bits per heavy atom. The predicted octanol–water partition coefficient (Wildman–Crippen LogP) is 3.49. The third kappa shape index (κ3) is 5.94. The van der Waals surface area contributed by atoms with Gasteiger partial charge in [0.25, 0.3) is 0 Å². The lowest BCUT2D eigenvalue weighted by Gasteiger charge is -2.42. The Bertz CT molecular complexity index is 574. The molecule has 2 heterocycles. The molecule has 0 bridgehead atoms. The highest BCUT2D eigenvalue weighted by atomic mass is 28.4. The van der Waals surface area contributed by atoms with Crippen LogP contribution < -0.4 is 0 Å². The van der Waals surface area contributed by atoms with Crippen LogP contribution in [0.4, 0.5) is 0 Å². The maximum atomic E-state index is 11.4. The Morgan fingerprint density at radius 3 is 2.74 bits per heavy atom. The van der Waals surface area contributed by atoms with E-state index in [0.717, 1.165) is 38.9 Å². The zero-order valence-electron chi connectivity index (χ0n) is 17.4. The van der Waals surface area contributed by atoms with E-state index in [4.69, 9.17) is 9.16 Å². The van der Waals surface area contributed by atoms with E-state index in [9.17, 15) is 10.1 Å². The zero-order chi connectivity index (χ0) is 20.1. The fourth-order valence-corrected chi connectivity index (χ4v) is 4.58. The zero-order valence-corrected chi connectivity index (χ0v) is 18.4. The number of piperidine rings is 1. The van der Waals surface area contributed by atoms with Crippen molar-refractivity contribution in [2.75, 3.05) is 32.8 Å². The van der Waals surface area contributed by atoms with Crippen LogP contribution in [-0.4, -0.2) is 69.0 Å². The van der Waals surface area contributed by atoms with Gasteiger partial charge in [-0.3, -0.25) is 15.1 Å². The van der Waals surface area contributed by atoms with Gasteiger partial charge in [-0.05, 0) is 50.0 Å². The summed E-state index contributed by atoms with van der Waals surface area (Å²) in [4.78, 5) is 17.4. The van der Waals surface area contributed by atoms with Crippen molar-refractivity contribution < 1.29 is 14.1 Å². The van der Waals surface area contributed by atoms with Crippen molar-refractivity contribution in [3.8, 4) is 0 Å². The molecule has 7 nitrogen and oxygen atoms in total. The topological polar surface area (TPSA) is 77.2 Å². The number of likely N-dealkylation sites (tertiary alicyclic amines) is 1. The number of dihydropyridines is 1. The molecule has 2 aliphatic heterocycles. The minimum Gasteiger partial charge on any atom is -0.413 e. The molecule has 2 atom stereocenters. The number of hydrogen-bond donors (Lipinski definition) is 0. The smallest absolute Gasteiger partial charge is 0.364 e. The number of hydrogen-bond acceptors (Lipinski definition) is 6. The quantitative estimate of drug-likeness (QED) is 0.206. The molecule has 2 aliphatic rings. The molecule has 0 aliphatic carbocycles. The summed E-state index contributed by atoms with van der Waals surface area (Å²) in [5, 5.41) is 11.6. The monoisotopic (exact) mass is 397 g/mol. The van der Waals surface area contributed by atoms with E-state index < -0.39 is 14.0 Å². The molecule has 154 valence electrons. The first kappa shape index (κ1) is 22.2. The minimum absolute atomic E-state index is 0.0443. The molecule has 2 rings (SSSR count). The number of nitro groups is 1. The van der Waals surface area contributed by atoms with Crippen LogP contribution in [0.3, 0.4) is 0 Å². The van der Waals surface area contributed by atoms with Crippen molar-refractivity contribution in [2.45, 2.75) is 70.0 Å². The maximum absolute atomic E-state index is 11.4. The van der Waals surface area contributed by atoms with E-state index in [0.29, 0.717) is 12.7 Å². The Labute approximate surface area is 164 Å². The highest BCUT2D eigenvalue weighted by Gasteiger charge is 2.42. The fourth-order valence-electron chi connectivity index (χ4n) is 3.20. The second-order valence-electron chi connectivity index (χ2n) is 9.10. The molecule has 1 fully saturated rings. The van der Waals surface area contributed by atoms with Gasteiger partial charge in [0.1, 0.15) is 6.54 Å². The number of nitrogens with zero attached hydrogens (tertiary/aromatic N) is 3. The Hall–Kier alpha value is -1.09. The van der Waals surface area contributed by atoms with Gasteiger partial charge >= 0.3 is 5.72 Å². The molecule has 0 radical (unpaired) electrons. The van der Waals surface area contributed by atoms with Gasteiger partial charge in [0.2, 0.25) is 0 Å². The lowest BCUT2D eigenvalue weighted by molar-refractivity contribution is -0.610. The Balaban J connectivity index is 1.77. The first-order chi connectivity index (χ1) is 12.6. The summed E-state index contributed by atoms with van der Waals surface area (Å²) in [6.45, 7) is 14.7. The van der Waals surface area contributed by atoms with Crippen molar-refractivity contribution in [2.24, 2.45) is 4.99 Å². The molecule has 0 aromatic heterocycles. The van der Waals surface area contributed by atoms with E-state index in [1.54, 1.807) is 12.3 Å². The molecule has 0 saturated carbocycles. The normalized spacial score (nSPS) is 27.1. The largest absolute Gasteiger partial charge is 0.413 e. The number of allylic oxidation sites excluding steroid dienone is 1. The lowest BCUT2D eigenvalue weighted by atomic mass is 10.1. The average molecular weight is 398 g/mol. The summed E-state index contributed by atoms with van der Waals surface area (Å²) < 4.78 is 12.2.